The second-order valence-electron chi connectivity index (χ2n) is 5.96. The number of benzene rings is 1. The van der Waals surface area contributed by atoms with Crippen molar-refractivity contribution >= 4 is 24.0 Å². The molecule has 0 saturated carbocycles. The van der Waals surface area contributed by atoms with Crippen molar-refractivity contribution in [2.75, 3.05) is 5.32 Å². The molecule has 0 spiro atoms. The Kier molecular flexibility index (Phi) is 6.53. The van der Waals surface area contributed by atoms with Gasteiger partial charge in [0.2, 0.25) is 5.91 Å². The lowest BCUT2D eigenvalue weighted by Crippen LogP contribution is -2.34. The maximum Gasteiger partial charge on any atom is 0.228 e. The third-order valence-corrected chi connectivity index (χ3v) is 3.22. The number of hydrogen-bond acceptors (Lipinski definition) is 2. The Morgan fingerprint density at radius 3 is 2.00 bits per heavy atom. The maximum absolute atomic E-state index is 11.8. The molecule has 108 valence electrons. The number of anilines is 1. The van der Waals surface area contributed by atoms with E-state index in [9.17, 15) is 4.79 Å². The maximum atomic E-state index is 11.8. The zero-order valence-electron chi connectivity index (χ0n) is 12.4. The molecule has 0 heterocycles. The van der Waals surface area contributed by atoms with Gasteiger partial charge in [0.1, 0.15) is 0 Å². The first-order valence-corrected chi connectivity index (χ1v) is 6.39. The first kappa shape index (κ1) is 17.9. The van der Waals surface area contributed by atoms with E-state index >= 15 is 0 Å². The number of carbonyl (C=O) groups is 1. The topological polar surface area (TPSA) is 55.1 Å². The summed E-state index contributed by atoms with van der Waals surface area (Å²) in [7, 11) is 0. The Morgan fingerprint density at radius 1 is 1.16 bits per heavy atom. The van der Waals surface area contributed by atoms with Crippen LogP contribution in [0.5, 0.6) is 0 Å². The molecule has 0 saturated heterocycles. The predicted molar refractivity (Wildman–Crippen MR) is 83.8 cm³/mol. The van der Waals surface area contributed by atoms with Gasteiger partial charge in [-0.25, -0.2) is 0 Å². The quantitative estimate of drug-likeness (QED) is 0.894. The number of carbonyl (C=O) groups excluding carboxylic acids is 1. The van der Waals surface area contributed by atoms with Crippen LogP contribution in [0.15, 0.2) is 24.3 Å². The van der Waals surface area contributed by atoms with Crippen molar-refractivity contribution in [3.05, 3.63) is 29.8 Å². The molecule has 1 rings (SSSR count). The molecule has 4 heteroatoms. The molecule has 1 aromatic rings. The molecule has 1 aromatic carbocycles. The standard InChI is InChI=1S/C15H24N2O.ClH/c1-10(11(2)16)14(18)17-13-8-6-12(7-9-13)15(3,4)5;/h6-11H,16H2,1-5H3,(H,17,18);1H. The lowest BCUT2D eigenvalue weighted by atomic mass is 9.87. The molecule has 1 amide bonds. The number of halogens is 1. The van der Waals surface area contributed by atoms with Crippen molar-refractivity contribution in [2.24, 2.45) is 11.7 Å². The molecule has 19 heavy (non-hydrogen) atoms. The van der Waals surface area contributed by atoms with Crippen LogP contribution in [0.2, 0.25) is 0 Å². The lowest BCUT2D eigenvalue weighted by molar-refractivity contribution is -0.119. The highest BCUT2D eigenvalue weighted by molar-refractivity contribution is 5.92. The van der Waals surface area contributed by atoms with Crippen molar-refractivity contribution in [1.29, 1.82) is 0 Å². The summed E-state index contributed by atoms with van der Waals surface area (Å²) in [6, 6.07) is 7.83. The minimum Gasteiger partial charge on any atom is -0.327 e. The lowest BCUT2D eigenvalue weighted by Gasteiger charge is -2.20. The molecule has 3 nitrogen and oxygen atoms in total. The number of rotatable bonds is 3. The van der Waals surface area contributed by atoms with Gasteiger partial charge >= 0.3 is 0 Å². The fraction of sp³-hybridized carbons (Fsp3) is 0.533. The number of nitrogens with one attached hydrogen (secondary N) is 1. The summed E-state index contributed by atoms with van der Waals surface area (Å²) in [5, 5.41) is 2.88. The van der Waals surface area contributed by atoms with Crippen LogP contribution in [0.25, 0.3) is 0 Å². The molecular formula is C15H25ClN2O. The average Bonchev–Trinajstić information content (AvgIpc) is 2.27. The van der Waals surface area contributed by atoms with Crippen LogP contribution >= 0.6 is 12.4 Å². The van der Waals surface area contributed by atoms with Gasteiger partial charge in [0.05, 0.1) is 5.92 Å². The first-order chi connectivity index (χ1) is 8.21. The van der Waals surface area contributed by atoms with Crippen LogP contribution in [0.1, 0.15) is 40.2 Å². The monoisotopic (exact) mass is 284 g/mol. The average molecular weight is 285 g/mol. The van der Waals surface area contributed by atoms with Crippen molar-refractivity contribution in [3.8, 4) is 0 Å². The summed E-state index contributed by atoms with van der Waals surface area (Å²) in [5.41, 5.74) is 7.91. The van der Waals surface area contributed by atoms with Crippen molar-refractivity contribution in [3.63, 3.8) is 0 Å². The normalized spacial score (nSPS) is 14.2. The van der Waals surface area contributed by atoms with Crippen LogP contribution in [0.3, 0.4) is 0 Å². The summed E-state index contributed by atoms with van der Waals surface area (Å²) in [6.45, 7) is 10.2. The second kappa shape index (κ2) is 6.92. The largest absolute Gasteiger partial charge is 0.327 e. The summed E-state index contributed by atoms with van der Waals surface area (Å²) < 4.78 is 0. The van der Waals surface area contributed by atoms with Gasteiger partial charge in [0.15, 0.2) is 0 Å². The number of hydrogen-bond donors (Lipinski definition) is 2. The van der Waals surface area contributed by atoms with E-state index in [-0.39, 0.29) is 35.7 Å². The molecule has 2 atom stereocenters. The Bertz CT molecular complexity index is 407. The number of nitrogens with two attached hydrogens (primary N) is 1. The smallest absolute Gasteiger partial charge is 0.228 e. The van der Waals surface area contributed by atoms with E-state index in [1.807, 2.05) is 38.1 Å². The zero-order chi connectivity index (χ0) is 13.9. The van der Waals surface area contributed by atoms with Gasteiger partial charge in [-0.2, -0.15) is 0 Å². The zero-order valence-corrected chi connectivity index (χ0v) is 13.2. The third-order valence-electron chi connectivity index (χ3n) is 3.22. The van der Waals surface area contributed by atoms with Crippen molar-refractivity contribution in [2.45, 2.75) is 46.1 Å². The summed E-state index contributed by atoms with van der Waals surface area (Å²) in [5.74, 6) is -0.221. The second-order valence-corrected chi connectivity index (χ2v) is 5.96. The fourth-order valence-corrected chi connectivity index (χ4v) is 1.55. The SMILES string of the molecule is CC(N)C(C)C(=O)Nc1ccc(C(C)(C)C)cc1.Cl. The van der Waals surface area contributed by atoms with E-state index in [0.29, 0.717) is 0 Å². The van der Waals surface area contributed by atoms with Gasteiger partial charge in [-0.15, -0.1) is 12.4 Å². The van der Waals surface area contributed by atoms with Crippen LogP contribution in [-0.4, -0.2) is 11.9 Å². The molecule has 0 bridgehead atoms. The van der Waals surface area contributed by atoms with Gasteiger partial charge in [-0.3, -0.25) is 4.79 Å². The van der Waals surface area contributed by atoms with E-state index < -0.39 is 0 Å². The molecular weight excluding hydrogens is 260 g/mol. The molecule has 0 aliphatic heterocycles. The fourth-order valence-electron chi connectivity index (χ4n) is 1.55. The van der Waals surface area contributed by atoms with Crippen molar-refractivity contribution < 1.29 is 4.79 Å². The third kappa shape index (κ3) is 5.21. The van der Waals surface area contributed by atoms with E-state index in [2.05, 4.69) is 26.1 Å². The minimum atomic E-state index is -0.188. The molecule has 0 aromatic heterocycles. The highest BCUT2D eigenvalue weighted by Gasteiger charge is 2.17. The van der Waals surface area contributed by atoms with Gasteiger partial charge in [-0.05, 0) is 30.0 Å². The highest BCUT2D eigenvalue weighted by Crippen LogP contribution is 2.23. The van der Waals surface area contributed by atoms with E-state index in [1.165, 1.54) is 5.56 Å². The minimum absolute atomic E-state index is 0. The number of amides is 1. The van der Waals surface area contributed by atoms with Gasteiger partial charge in [-0.1, -0.05) is 39.8 Å². The van der Waals surface area contributed by atoms with Crippen molar-refractivity contribution in [1.82, 2.24) is 0 Å². The summed E-state index contributed by atoms with van der Waals surface area (Å²) >= 11 is 0. The van der Waals surface area contributed by atoms with Gasteiger partial charge in [0.25, 0.3) is 0 Å². The first-order valence-electron chi connectivity index (χ1n) is 6.39. The molecule has 0 radical (unpaired) electrons. The molecule has 0 fully saturated rings. The van der Waals surface area contributed by atoms with Crippen LogP contribution in [0, 0.1) is 5.92 Å². The highest BCUT2D eigenvalue weighted by atomic mass is 35.5. The van der Waals surface area contributed by atoms with E-state index in [4.69, 9.17) is 5.73 Å². The van der Waals surface area contributed by atoms with Crippen LogP contribution < -0.4 is 11.1 Å². The molecule has 0 aliphatic rings. The predicted octanol–water partition coefficient (Wildman–Crippen LogP) is 3.33. The van der Waals surface area contributed by atoms with E-state index in [1.54, 1.807) is 0 Å². The Hall–Kier alpha value is -1.06. The summed E-state index contributed by atoms with van der Waals surface area (Å²) in [4.78, 5) is 11.8. The Morgan fingerprint density at radius 2 is 1.63 bits per heavy atom. The van der Waals surface area contributed by atoms with Crippen LogP contribution in [0.4, 0.5) is 5.69 Å². The van der Waals surface area contributed by atoms with Gasteiger partial charge in [0, 0.05) is 11.7 Å². The molecule has 0 aliphatic carbocycles. The summed E-state index contributed by atoms with van der Waals surface area (Å²) in [6.07, 6.45) is 0. The Balaban J connectivity index is 0.00000324. The molecule has 2 unspecified atom stereocenters. The van der Waals surface area contributed by atoms with E-state index in [0.717, 1.165) is 5.69 Å². The van der Waals surface area contributed by atoms with Gasteiger partial charge < -0.3 is 11.1 Å². The Labute approximate surface area is 122 Å². The molecule has 3 N–H and O–H groups in total. The van der Waals surface area contributed by atoms with Crippen LogP contribution in [-0.2, 0) is 10.2 Å².